The Bertz CT molecular complexity index is 952. The molecule has 0 unspecified atom stereocenters. The van der Waals surface area contributed by atoms with Crippen LogP contribution in [0, 0.1) is 0 Å². The number of imide groups is 1. The second-order valence-electron chi connectivity index (χ2n) is 8.25. The van der Waals surface area contributed by atoms with E-state index in [9.17, 15) is 14.4 Å². The van der Waals surface area contributed by atoms with Gasteiger partial charge in [-0.3, -0.25) is 19.3 Å². The van der Waals surface area contributed by atoms with Crippen molar-refractivity contribution in [3.05, 3.63) is 59.0 Å². The number of rotatable bonds is 6. The third kappa shape index (κ3) is 3.65. The number of furan rings is 1. The minimum atomic E-state index is -1.27. The van der Waals surface area contributed by atoms with Crippen molar-refractivity contribution in [1.82, 2.24) is 9.80 Å². The smallest absolute Gasteiger partial charge is 0.241 e. The second-order valence-corrected chi connectivity index (χ2v) is 8.66. The summed E-state index contributed by atoms with van der Waals surface area (Å²) in [5.41, 5.74) is -0.725. The molecule has 3 amide bonds. The van der Waals surface area contributed by atoms with E-state index >= 15 is 0 Å². The summed E-state index contributed by atoms with van der Waals surface area (Å²) in [6, 6.07) is 10.5. The molecule has 0 radical (unpaired) electrons. The van der Waals surface area contributed by atoms with Crippen LogP contribution in [0.15, 0.2) is 47.1 Å². The Morgan fingerprint density at radius 1 is 1.20 bits per heavy atom. The van der Waals surface area contributed by atoms with E-state index in [-0.39, 0.29) is 36.6 Å². The molecule has 0 N–H and O–H groups in total. The van der Waals surface area contributed by atoms with Crippen molar-refractivity contribution in [3.8, 4) is 0 Å². The van der Waals surface area contributed by atoms with E-state index in [2.05, 4.69) is 0 Å². The van der Waals surface area contributed by atoms with Crippen molar-refractivity contribution in [2.75, 3.05) is 7.05 Å². The molecule has 1 aliphatic heterocycles. The molecular weight excluding hydrogens is 404 g/mol. The molecule has 4 rings (SSSR count). The standard InChI is InChI=1S/C23H25ClN2O4/c1-25(15-17-9-6-12-30-17)20(27)13-23(18-10-4-5-11-19(18)24)14-21(28)26(22(23)29)16-7-2-3-8-16/h4-6,9-12,16H,2-3,7-8,13-15H2,1H3/t23-/m1/s1. The molecule has 1 saturated heterocycles. The van der Waals surface area contributed by atoms with Crippen molar-refractivity contribution in [3.63, 3.8) is 0 Å². The molecule has 0 spiro atoms. The summed E-state index contributed by atoms with van der Waals surface area (Å²) in [5.74, 6) is -0.0969. The first-order valence-corrected chi connectivity index (χ1v) is 10.7. The fourth-order valence-corrected chi connectivity index (χ4v) is 5.02. The number of likely N-dealkylation sites (tertiary alicyclic amines) is 1. The maximum absolute atomic E-state index is 13.7. The van der Waals surface area contributed by atoms with E-state index in [1.54, 1.807) is 49.7 Å². The third-order valence-corrected chi connectivity index (χ3v) is 6.61. The Hall–Kier alpha value is -2.60. The molecule has 6 nitrogen and oxygen atoms in total. The highest BCUT2D eigenvalue weighted by molar-refractivity contribution is 6.32. The monoisotopic (exact) mass is 428 g/mol. The zero-order valence-electron chi connectivity index (χ0n) is 17.0. The van der Waals surface area contributed by atoms with Gasteiger partial charge in [-0.05, 0) is 36.6 Å². The van der Waals surface area contributed by atoms with Crippen LogP contribution in [0.25, 0.3) is 0 Å². The molecule has 0 bridgehead atoms. The van der Waals surface area contributed by atoms with Gasteiger partial charge in [0.1, 0.15) is 5.76 Å². The SMILES string of the molecule is CN(Cc1ccco1)C(=O)C[C@]1(c2ccccc2Cl)CC(=O)N(C2CCCC2)C1=O. The van der Waals surface area contributed by atoms with Crippen molar-refractivity contribution in [1.29, 1.82) is 0 Å². The molecule has 2 heterocycles. The molecule has 158 valence electrons. The Morgan fingerprint density at radius 3 is 2.60 bits per heavy atom. The topological polar surface area (TPSA) is 70.8 Å². The average molecular weight is 429 g/mol. The van der Waals surface area contributed by atoms with E-state index in [4.69, 9.17) is 16.0 Å². The fraction of sp³-hybridized carbons (Fsp3) is 0.435. The molecule has 1 aromatic heterocycles. The first-order chi connectivity index (χ1) is 14.4. The van der Waals surface area contributed by atoms with Gasteiger partial charge in [0.25, 0.3) is 0 Å². The van der Waals surface area contributed by atoms with Gasteiger partial charge in [0.2, 0.25) is 17.7 Å². The normalized spacial score (nSPS) is 22.1. The lowest BCUT2D eigenvalue weighted by Gasteiger charge is -2.31. The number of carbonyl (C=O) groups excluding carboxylic acids is 3. The van der Waals surface area contributed by atoms with Crippen LogP contribution in [0.2, 0.25) is 5.02 Å². The molecule has 30 heavy (non-hydrogen) atoms. The van der Waals surface area contributed by atoms with Gasteiger partial charge >= 0.3 is 0 Å². The number of amides is 3. The zero-order valence-corrected chi connectivity index (χ0v) is 17.7. The molecule has 1 atom stereocenters. The minimum Gasteiger partial charge on any atom is -0.467 e. The van der Waals surface area contributed by atoms with Crippen molar-refractivity contribution >= 4 is 29.3 Å². The number of halogens is 1. The van der Waals surface area contributed by atoms with Crippen LogP contribution < -0.4 is 0 Å². The zero-order chi connectivity index (χ0) is 21.3. The largest absolute Gasteiger partial charge is 0.467 e. The van der Waals surface area contributed by atoms with E-state index < -0.39 is 5.41 Å². The number of hydrogen-bond acceptors (Lipinski definition) is 4. The van der Waals surface area contributed by atoms with Gasteiger partial charge in [-0.2, -0.15) is 0 Å². The summed E-state index contributed by atoms with van der Waals surface area (Å²) in [4.78, 5) is 42.8. The van der Waals surface area contributed by atoms with E-state index in [1.807, 2.05) is 0 Å². The molecule has 7 heteroatoms. The Kier molecular flexibility index (Phi) is 5.69. The van der Waals surface area contributed by atoms with Gasteiger partial charge in [0.05, 0.1) is 18.2 Å². The van der Waals surface area contributed by atoms with Gasteiger partial charge in [-0.1, -0.05) is 42.6 Å². The molecular formula is C23H25ClN2O4. The molecule has 1 aliphatic carbocycles. The summed E-state index contributed by atoms with van der Waals surface area (Å²) >= 11 is 6.47. The van der Waals surface area contributed by atoms with Crippen molar-refractivity contribution in [2.45, 2.75) is 56.5 Å². The van der Waals surface area contributed by atoms with Crippen LogP contribution in [0.4, 0.5) is 0 Å². The van der Waals surface area contributed by atoms with Gasteiger partial charge in [0, 0.05) is 31.0 Å². The number of carbonyl (C=O) groups is 3. The molecule has 1 saturated carbocycles. The van der Waals surface area contributed by atoms with Gasteiger partial charge in [0.15, 0.2) is 0 Å². The van der Waals surface area contributed by atoms with Crippen molar-refractivity contribution in [2.24, 2.45) is 0 Å². The summed E-state index contributed by atoms with van der Waals surface area (Å²) in [5, 5.41) is 0.397. The quantitative estimate of drug-likeness (QED) is 0.654. The predicted octanol–water partition coefficient (Wildman–Crippen LogP) is 3.92. The summed E-state index contributed by atoms with van der Waals surface area (Å²) < 4.78 is 5.33. The molecule has 1 aromatic carbocycles. The van der Waals surface area contributed by atoms with E-state index in [1.165, 1.54) is 9.80 Å². The maximum atomic E-state index is 13.7. The lowest BCUT2D eigenvalue weighted by molar-refractivity contribution is -0.144. The van der Waals surface area contributed by atoms with Crippen LogP contribution in [-0.2, 0) is 26.3 Å². The van der Waals surface area contributed by atoms with Crippen LogP contribution in [0.3, 0.4) is 0 Å². The van der Waals surface area contributed by atoms with Crippen LogP contribution in [0.1, 0.15) is 49.8 Å². The van der Waals surface area contributed by atoms with Gasteiger partial charge < -0.3 is 9.32 Å². The molecule has 2 aliphatic rings. The molecule has 2 fully saturated rings. The third-order valence-electron chi connectivity index (χ3n) is 6.28. The van der Waals surface area contributed by atoms with E-state index in [0.29, 0.717) is 22.9 Å². The van der Waals surface area contributed by atoms with Gasteiger partial charge in [-0.25, -0.2) is 0 Å². The summed E-state index contributed by atoms with van der Waals surface area (Å²) in [6.07, 6.45) is 5.06. The predicted molar refractivity (Wildman–Crippen MR) is 112 cm³/mol. The first kappa shape index (κ1) is 20.7. The fourth-order valence-electron chi connectivity index (χ4n) is 4.71. The Morgan fingerprint density at radius 2 is 1.93 bits per heavy atom. The van der Waals surface area contributed by atoms with Crippen LogP contribution in [-0.4, -0.2) is 40.6 Å². The highest BCUT2D eigenvalue weighted by Crippen LogP contribution is 2.45. The second kappa shape index (κ2) is 8.26. The minimum absolute atomic E-state index is 0.0353. The van der Waals surface area contributed by atoms with Crippen LogP contribution >= 0.6 is 11.6 Å². The maximum Gasteiger partial charge on any atom is 0.241 e. The Labute approximate surface area is 180 Å². The number of nitrogens with zero attached hydrogens (tertiary/aromatic N) is 2. The van der Waals surface area contributed by atoms with Gasteiger partial charge in [-0.15, -0.1) is 0 Å². The first-order valence-electron chi connectivity index (χ1n) is 10.3. The summed E-state index contributed by atoms with van der Waals surface area (Å²) in [6.45, 7) is 0.291. The van der Waals surface area contributed by atoms with Crippen LogP contribution in [0.5, 0.6) is 0 Å². The lowest BCUT2D eigenvalue weighted by Crippen LogP contribution is -2.45. The average Bonchev–Trinajstić information content (AvgIpc) is 3.45. The number of benzene rings is 1. The molecule has 2 aromatic rings. The van der Waals surface area contributed by atoms with Crippen molar-refractivity contribution < 1.29 is 18.8 Å². The lowest BCUT2D eigenvalue weighted by atomic mass is 9.75. The summed E-state index contributed by atoms with van der Waals surface area (Å²) in [7, 11) is 1.67. The highest BCUT2D eigenvalue weighted by Gasteiger charge is 2.56. The highest BCUT2D eigenvalue weighted by atomic mass is 35.5. The van der Waals surface area contributed by atoms with E-state index in [0.717, 1.165) is 25.7 Å². The number of hydrogen-bond donors (Lipinski definition) is 0. The Balaban J connectivity index is 1.67.